The number of carbonyl (C=O) groups excluding carboxylic acids is 1. The van der Waals surface area contributed by atoms with Crippen LogP contribution in [0.1, 0.15) is 136 Å². The summed E-state index contributed by atoms with van der Waals surface area (Å²) in [6.45, 7) is 6.44. The number of rotatable bonds is 18. The van der Waals surface area contributed by atoms with Crippen molar-refractivity contribution in [3.63, 3.8) is 0 Å². The Hall–Kier alpha value is -0.240. The summed E-state index contributed by atoms with van der Waals surface area (Å²) in [7, 11) is 0. The van der Waals surface area contributed by atoms with Gasteiger partial charge in [-0.2, -0.15) is 13.5 Å². The molecule has 0 aliphatic rings. The molecule has 0 radical (unpaired) electrons. The van der Waals surface area contributed by atoms with E-state index < -0.39 is 17.9 Å². The zero-order valence-electron chi connectivity index (χ0n) is 21.3. The van der Waals surface area contributed by atoms with Gasteiger partial charge in [-0.05, 0) is 25.7 Å². The summed E-state index contributed by atoms with van der Waals surface area (Å²) >= 11 is 0. The van der Waals surface area contributed by atoms with Crippen LogP contribution in [0.3, 0.4) is 0 Å². The van der Waals surface area contributed by atoms with Crippen LogP contribution < -0.4 is 34.7 Å². The molecule has 0 atom stereocenters. The summed E-state index contributed by atoms with van der Waals surface area (Å²) in [6.07, 6.45) is 17.4. The van der Waals surface area contributed by atoms with Crippen molar-refractivity contribution in [2.75, 3.05) is 0 Å². The molecule has 0 saturated carbocycles. The van der Waals surface area contributed by atoms with Gasteiger partial charge in [-0.15, -0.1) is 0 Å². The molecular weight excluding hydrogens is 439 g/mol. The maximum atomic E-state index is 10.0. The van der Waals surface area contributed by atoms with Crippen molar-refractivity contribution < 1.29 is 59.3 Å². The molecule has 8 heteroatoms. The minimum atomic E-state index is -0.920. The average Bonchev–Trinajstić information content (AvgIpc) is 2.68. The quantitative estimate of drug-likeness (QED) is 0.226. The fourth-order valence-corrected chi connectivity index (χ4v) is 2.63. The van der Waals surface area contributed by atoms with Crippen molar-refractivity contribution in [3.8, 4) is 0 Å². The third-order valence-electron chi connectivity index (χ3n) is 4.47. The zero-order valence-corrected chi connectivity index (χ0v) is 24.3. The van der Waals surface area contributed by atoms with Crippen molar-refractivity contribution in [1.82, 2.24) is 0 Å². The van der Waals surface area contributed by atoms with Gasteiger partial charge in [0.1, 0.15) is 0 Å². The van der Waals surface area contributed by atoms with Gasteiger partial charge in [0.05, 0.1) is 0 Å². The summed E-state index contributed by atoms with van der Waals surface area (Å²) in [5.74, 6) is -2.26. The number of carboxylic acid groups (broad SMARTS) is 3. The minimum absolute atomic E-state index is 0. The normalized spacial score (nSPS) is 9.09. The first-order valence-electron chi connectivity index (χ1n) is 11.9. The average molecular weight is 489 g/mol. The number of hydrogen-bond acceptors (Lipinski definition) is 4. The van der Waals surface area contributed by atoms with Crippen molar-refractivity contribution >= 4 is 31.4 Å². The standard InChI is InChI=1S/3C8H16O2.Na.H2S/c3*1-2-3-4-5-6-7-8(9)10;;/h3*2-7H2,1H3,(H,9,10);;1H2/q;;;+1;/p-1. The number of unbranched alkanes of at least 4 members (excludes halogenated alkanes) is 12. The van der Waals surface area contributed by atoms with Crippen molar-refractivity contribution in [2.45, 2.75) is 136 Å². The second-order valence-electron chi connectivity index (χ2n) is 7.65. The van der Waals surface area contributed by atoms with E-state index in [2.05, 4.69) is 20.8 Å². The van der Waals surface area contributed by atoms with Gasteiger partial charge >= 0.3 is 41.5 Å². The van der Waals surface area contributed by atoms with E-state index in [4.69, 9.17) is 10.2 Å². The van der Waals surface area contributed by atoms with E-state index in [-0.39, 0.29) is 49.5 Å². The van der Waals surface area contributed by atoms with E-state index in [1.54, 1.807) is 0 Å². The second-order valence-corrected chi connectivity index (χ2v) is 7.65. The molecular formula is C24H49NaO6S. The summed E-state index contributed by atoms with van der Waals surface area (Å²) in [4.78, 5) is 30.0. The fourth-order valence-electron chi connectivity index (χ4n) is 2.63. The maximum Gasteiger partial charge on any atom is 1.00 e. The Morgan fingerprint density at radius 2 is 0.781 bits per heavy atom. The van der Waals surface area contributed by atoms with Gasteiger partial charge in [0.2, 0.25) is 0 Å². The Morgan fingerprint density at radius 3 is 1.00 bits per heavy atom. The van der Waals surface area contributed by atoms with E-state index in [1.165, 1.54) is 51.4 Å². The molecule has 6 nitrogen and oxygen atoms in total. The number of aliphatic carboxylic acids is 3. The summed E-state index contributed by atoms with van der Waals surface area (Å²) < 4.78 is 0. The topological polar surface area (TPSA) is 115 Å². The van der Waals surface area contributed by atoms with E-state index in [1.807, 2.05) is 0 Å². The summed E-state index contributed by atoms with van der Waals surface area (Å²) in [6, 6.07) is 0. The SMILES string of the molecule is CCCCCCCC(=O)O.CCCCCCCC(=O)O.CCCCCCCC(=O)[O-].S.[Na+]. The Kier molecular flexibility index (Phi) is 49.9. The van der Waals surface area contributed by atoms with E-state index >= 15 is 0 Å². The summed E-state index contributed by atoms with van der Waals surface area (Å²) in [5, 5.41) is 26.5. The molecule has 0 heterocycles. The van der Waals surface area contributed by atoms with Crippen molar-refractivity contribution in [3.05, 3.63) is 0 Å². The molecule has 0 fully saturated rings. The predicted molar refractivity (Wildman–Crippen MR) is 131 cm³/mol. The van der Waals surface area contributed by atoms with Crippen LogP contribution in [0.25, 0.3) is 0 Å². The van der Waals surface area contributed by atoms with Gasteiger partial charge in [-0.25, -0.2) is 0 Å². The Labute approximate surface area is 226 Å². The molecule has 0 rings (SSSR count). The van der Waals surface area contributed by atoms with Crippen LogP contribution in [0.5, 0.6) is 0 Å². The van der Waals surface area contributed by atoms with Crippen LogP contribution in [-0.2, 0) is 14.4 Å². The molecule has 0 saturated heterocycles. The molecule has 32 heavy (non-hydrogen) atoms. The van der Waals surface area contributed by atoms with Crippen LogP contribution >= 0.6 is 13.5 Å². The second kappa shape index (κ2) is 38.0. The molecule has 188 valence electrons. The van der Waals surface area contributed by atoms with Crippen LogP contribution in [0.4, 0.5) is 0 Å². The third-order valence-corrected chi connectivity index (χ3v) is 4.47. The molecule has 0 aliphatic carbocycles. The number of hydrogen-bond donors (Lipinski definition) is 2. The molecule has 0 aromatic rings. The van der Waals surface area contributed by atoms with Crippen LogP contribution in [0, 0.1) is 0 Å². The van der Waals surface area contributed by atoms with E-state index in [9.17, 15) is 19.5 Å². The first-order valence-corrected chi connectivity index (χ1v) is 11.9. The molecule has 2 N–H and O–H groups in total. The zero-order chi connectivity index (χ0) is 23.5. The van der Waals surface area contributed by atoms with Crippen LogP contribution in [-0.4, -0.2) is 28.1 Å². The molecule has 0 aliphatic heterocycles. The summed E-state index contributed by atoms with van der Waals surface area (Å²) in [5.41, 5.74) is 0. The van der Waals surface area contributed by atoms with Gasteiger partial charge in [-0.3, -0.25) is 9.59 Å². The molecule has 0 bridgehead atoms. The Bertz CT molecular complexity index is 338. The monoisotopic (exact) mass is 488 g/mol. The van der Waals surface area contributed by atoms with Gasteiger partial charge < -0.3 is 20.1 Å². The van der Waals surface area contributed by atoms with Gasteiger partial charge in [0, 0.05) is 18.8 Å². The maximum absolute atomic E-state index is 10.0. The molecule has 0 spiro atoms. The largest absolute Gasteiger partial charge is 1.00 e. The third kappa shape index (κ3) is 57.1. The Morgan fingerprint density at radius 1 is 0.531 bits per heavy atom. The van der Waals surface area contributed by atoms with Gasteiger partial charge in [-0.1, -0.05) is 97.8 Å². The minimum Gasteiger partial charge on any atom is -0.550 e. The molecule has 0 amide bonds. The van der Waals surface area contributed by atoms with Crippen LogP contribution in [0.15, 0.2) is 0 Å². The predicted octanol–water partition coefficient (Wildman–Crippen LogP) is 3.08. The molecule has 0 unspecified atom stereocenters. The molecule has 0 aromatic carbocycles. The first-order chi connectivity index (χ1) is 14.3. The first kappa shape index (κ1) is 42.0. The molecule has 0 aromatic heterocycles. The Balaban J connectivity index is -0.000000110. The fraction of sp³-hybridized carbons (Fsp3) is 0.875. The number of carboxylic acids is 3. The number of carbonyl (C=O) groups is 3. The van der Waals surface area contributed by atoms with Crippen LogP contribution in [0.2, 0.25) is 0 Å². The van der Waals surface area contributed by atoms with E-state index in [0.717, 1.165) is 44.9 Å². The van der Waals surface area contributed by atoms with E-state index in [0.29, 0.717) is 12.8 Å². The van der Waals surface area contributed by atoms with Crippen molar-refractivity contribution in [2.24, 2.45) is 0 Å². The van der Waals surface area contributed by atoms with Gasteiger partial charge in [0.15, 0.2) is 0 Å². The van der Waals surface area contributed by atoms with Crippen molar-refractivity contribution in [1.29, 1.82) is 0 Å². The smallest absolute Gasteiger partial charge is 0.550 e. The van der Waals surface area contributed by atoms with Gasteiger partial charge in [0.25, 0.3) is 0 Å².